The summed E-state index contributed by atoms with van der Waals surface area (Å²) in [6, 6.07) is 5.24. The number of thiazole rings is 1. The van der Waals surface area contributed by atoms with Gasteiger partial charge >= 0.3 is 0 Å². The number of amides is 1. The van der Waals surface area contributed by atoms with Gasteiger partial charge in [0.05, 0.1) is 17.4 Å². The quantitative estimate of drug-likeness (QED) is 0.838. The van der Waals surface area contributed by atoms with Crippen molar-refractivity contribution in [3.63, 3.8) is 0 Å². The topological polar surface area (TPSA) is 68.0 Å². The fourth-order valence-corrected chi connectivity index (χ4v) is 2.01. The van der Waals surface area contributed by atoms with Gasteiger partial charge in [-0.3, -0.25) is 9.78 Å². The van der Waals surface area contributed by atoms with E-state index >= 15 is 0 Å². The minimum Gasteiger partial charge on any atom is -0.399 e. The molecule has 1 aromatic heterocycles. The fourth-order valence-electron chi connectivity index (χ4n) is 1.15. The number of hydrogen-bond acceptors (Lipinski definition) is 4. The molecule has 0 radical (unpaired) electrons. The molecular formula is C10H8BrN3OS. The van der Waals surface area contributed by atoms with Crippen LogP contribution in [-0.2, 0) is 0 Å². The van der Waals surface area contributed by atoms with Gasteiger partial charge in [0.25, 0.3) is 5.91 Å². The van der Waals surface area contributed by atoms with Gasteiger partial charge in [-0.15, -0.1) is 11.3 Å². The average Bonchev–Trinajstić information content (AvgIpc) is 2.76. The molecule has 0 atom stereocenters. The lowest BCUT2D eigenvalue weighted by Gasteiger charge is -2.06. The fraction of sp³-hybridized carbons (Fsp3) is 0. The van der Waals surface area contributed by atoms with Crippen LogP contribution in [0.2, 0.25) is 0 Å². The van der Waals surface area contributed by atoms with Gasteiger partial charge in [-0.1, -0.05) is 0 Å². The van der Waals surface area contributed by atoms with Gasteiger partial charge in [-0.05, 0) is 34.1 Å². The maximum absolute atomic E-state index is 11.7. The van der Waals surface area contributed by atoms with Crippen molar-refractivity contribution in [3.05, 3.63) is 39.3 Å². The molecule has 4 nitrogen and oxygen atoms in total. The third-order valence-electron chi connectivity index (χ3n) is 1.89. The van der Waals surface area contributed by atoms with Crippen LogP contribution in [0.5, 0.6) is 0 Å². The van der Waals surface area contributed by atoms with Crippen molar-refractivity contribution in [1.29, 1.82) is 0 Å². The first-order chi connectivity index (χ1) is 7.66. The van der Waals surface area contributed by atoms with Crippen molar-refractivity contribution < 1.29 is 4.79 Å². The van der Waals surface area contributed by atoms with Gasteiger partial charge in [0.15, 0.2) is 0 Å². The number of hydrogen-bond donors (Lipinski definition) is 2. The Bertz CT molecular complexity index is 513. The third-order valence-corrected chi connectivity index (χ3v) is 3.36. The zero-order valence-corrected chi connectivity index (χ0v) is 10.5. The number of anilines is 2. The molecule has 0 fully saturated rings. The van der Waals surface area contributed by atoms with Gasteiger partial charge in [0, 0.05) is 10.2 Å². The van der Waals surface area contributed by atoms with Crippen LogP contribution in [0, 0.1) is 0 Å². The third kappa shape index (κ3) is 2.40. The first kappa shape index (κ1) is 11.1. The van der Waals surface area contributed by atoms with E-state index in [1.165, 1.54) is 17.5 Å². The molecule has 6 heteroatoms. The zero-order valence-electron chi connectivity index (χ0n) is 8.11. The molecule has 0 unspecified atom stereocenters. The number of nitrogens with two attached hydrogens (primary N) is 1. The molecule has 0 aliphatic heterocycles. The second kappa shape index (κ2) is 4.63. The normalized spacial score (nSPS) is 10.1. The van der Waals surface area contributed by atoms with E-state index in [1.54, 1.807) is 23.7 Å². The zero-order chi connectivity index (χ0) is 11.5. The smallest absolute Gasteiger partial charge is 0.267 e. The standard InChI is InChI=1S/C10H8BrN3OS/c11-7-2-1-6(12)3-8(7)14-10(15)9-4-13-5-16-9/h1-5H,12H2,(H,14,15). The summed E-state index contributed by atoms with van der Waals surface area (Å²) in [6.07, 6.45) is 1.53. The predicted octanol–water partition coefficient (Wildman–Crippen LogP) is 2.74. The van der Waals surface area contributed by atoms with Crippen molar-refractivity contribution >= 4 is 44.5 Å². The predicted molar refractivity (Wildman–Crippen MR) is 68.6 cm³/mol. The molecule has 0 bridgehead atoms. The summed E-state index contributed by atoms with van der Waals surface area (Å²) >= 11 is 4.63. The summed E-state index contributed by atoms with van der Waals surface area (Å²) in [5.74, 6) is -0.186. The second-order valence-corrected chi connectivity index (χ2v) is 4.80. The molecule has 2 rings (SSSR count). The summed E-state index contributed by atoms with van der Waals surface area (Å²) in [5.41, 5.74) is 8.51. The first-order valence-electron chi connectivity index (χ1n) is 4.41. The van der Waals surface area contributed by atoms with E-state index in [9.17, 15) is 4.79 Å². The van der Waals surface area contributed by atoms with Crippen molar-refractivity contribution in [1.82, 2.24) is 4.98 Å². The van der Waals surface area contributed by atoms with Crippen molar-refractivity contribution in [2.45, 2.75) is 0 Å². The molecule has 1 amide bonds. The minimum atomic E-state index is -0.186. The van der Waals surface area contributed by atoms with Gasteiger partial charge in [-0.2, -0.15) is 0 Å². The summed E-state index contributed by atoms with van der Waals surface area (Å²) in [4.78, 5) is 16.1. The van der Waals surface area contributed by atoms with Crippen LogP contribution < -0.4 is 11.1 Å². The summed E-state index contributed by atoms with van der Waals surface area (Å²) in [5, 5.41) is 2.76. The number of halogens is 1. The maximum atomic E-state index is 11.7. The Morgan fingerprint density at radius 1 is 1.50 bits per heavy atom. The SMILES string of the molecule is Nc1ccc(Br)c(NC(=O)c2cncs2)c1. The number of nitrogen functional groups attached to an aromatic ring is 1. The number of nitrogens with one attached hydrogen (secondary N) is 1. The number of nitrogens with zero attached hydrogens (tertiary/aromatic N) is 1. The molecular weight excluding hydrogens is 290 g/mol. The van der Waals surface area contributed by atoms with Crippen LogP contribution in [0.4, 0.5) is 11.4 Å². The molecule has 0 spiro atoms. The Labute approximate surface area is 105 Å². The van der Waals surface area contributed by atoms with E-state index in [0.717, 1.165) is 4.47 Å². The van der Waals surface area contributed by atoms with Crippen molar-refractivity contribution in [2.24, 2.45) is 0 Å². The van der Waals surface area contributed by atoms with Crippen LogP contribution in [0.25, 0.3) is 0 Å². The number of aromatic nitrogens is 1. The minimum absolute atomic E-state index is 0.186. The summed E-state index contributed by atoms with van der Waals surface area (Å²) < 4.78 is 0.791. The van der Waals surface area contributed by atoms with Crippen LogP contribution in [-0.4, -0.2) is 10.9 Å². The van der Waals surface area contributed by atoms with E-state index in [2.05, 4.69) is 26.2 Å². The highest BCUT2D eigenvalue weighted by Crippen LogP contribution is 2.25. The Morgan fingerprint density at radius 3 is 3.00 bits per heavy atom. The van der Waals surface area contributed by atoms with E-state index in [4.69, 9.17) is 5.73 Å². The number of rotatable bonds is 2. The van der Waals surface area contributed by atoms with E-state index in [0.29, 0.717) is 16.3 Å². The lowest BCUT2D eigenvalue weighted by atomic mass is 10.3. The highest BCUT2D eigenvalue weighted by atomic mass is 79.9. The van der Waals surface area contributed by atoms with Gasteiger partial charge in [0.2, 0.25) is 0 Å². The van der Waals surface area contributed by atoms with Crippen molar-refractivity contribution in [3.8, 4) is 0 Å². The number of carbonyl (C=O) groups excluding carboxylic acids is 1. The van der Waals surface area contributed by atoms with E-state index in [-0.39, 0.29) is 5.91 Å². The highest BCUT2D eigenvalue weighted by molar-refractivity contribution is 9.10. The largest absolute Gasteiger partial charge is 0.399 e. The Hall–Kier alpha value is -1.40. The van der Waals surface area contributed by atoms with Crippen LogP contribution in [0.3, 0.4) is 0 Å². The molecule has 2 aromatic rings. The monoisotopic (exact) mass is 297 g/mol. The summed E-state index contributed by atoms with van der Waals surface area (Å²) in [6.45, 7) is 0. The van der Waals surface area contributed by atoms with Crippen LogP contribution >= 0.6 is 27.3 Å². The molecule has 0 aliphatic carbocycles. The highest BCUT2D eigenvalue weighted by Gasteiger charge is 2.09. The second-order valence-electron chi connectivity index (χ2n) is 3.06. The Balaban J connectivity index is 2.21. The first-order valence-corrected chi connectivity index (χ1v) is 6.09. The van der Waals surface area contributed by atoms with Gasteiger partial charge in [0.1, 0.15) is 4.88 Å². The molecule has 1 aromatic carbocycles. The van der Waals surface area contributed by atoms with E-state index in [1.807, 2.05) is 0 Å². The van der Waals surface area contributed by atoms with Gasteiger partial charge in [-0.25, -0.2) is 0 Å². The molecule has 0 saturated carbocycles. The maximum Gasteiger partial charge on any atom is 0.267 e. The van der Waals surface area contributed by atoms with Crippen molar-refractivity contribution in [2.75, 3.05) is 11.1 Å². The summed E-state index contributed by atoms with van der Waals surface area (Å²) in [7, 11) is 0. The Morgan fingerprint density at radius 2 is 2.31 bits per heavy atom. The molecule has 82 valence electrons. The Kier molecular flexibility index (Phi) is 3.21. The number of carbonyl (C=O) groups is 1. The molecule has 0 aliphatic rings. The lowest BCUT2D eigenvalue weighted by molar-refractivity contribution is 0.103. The molecule has 3 N–H and O–H groups in total. The number of benzene rings is 1. The molecule has 16 heavy (non-hydrogen) atoms. The van der Waals surface area contributed by atoms with Crippen LogP contribution in [0.1, 0.15) is 9.67 Å². The van der Waals surface area contributed by atoms with Crippen LogP contribution in [0.15, 0.2) is 34.4 Å². The molecule has 0 saturated heterocycles. The lowest BCUT2D eigenvalue weighted by Crippen LogP contribution is -2.10. The average molecular weight is 298 g/mol. The van der Waals surface area contributed by atoms with Gasteiger partial charge < -0.3 is 11.1 Å². The molecule has 1 heterocycles. The van der Waals surface area contributed by atoms with E-state index < -0.39 is 0 Å².